The molecule has 2 N–H and O–H groups in total. The lowest BCUT2D eigenvalue weighted by atomic mass is 9.89. The van der Waals surface area contributed by atoms with Crippen molar-refractivity contribution in [1.29, 1.82) is 0 Å². The third-order valence-electron chi connectivity index (χ3n) is 2.97. The third kappa shape index (κ3) is 3.49. The SMILES string of the molecule is COc1ccc(Br)cc1CC(CN)C(C)C. The van der Waals surface area contributed by atoms with Crippen molar-refractivity contribution in [3.63, 3.8) is 0 Å². The van der Waals surface area contributed by atoms with E-state index in [0.29, 0.717) is 18.4 Å². The third-order valence-corrected chi connectivity index (χ3v) is 3.46. The minimum absolute atomic E-state index is 0.503. The second-order valence-electron chi connectivity index (χ2n) is 4.40. The molecule has 0 saturated carbocycles. The van der Waals surface area contributed by atoms with Gasteiger partial charge in [0.05, 0.1) is 7.11 Å². The average Bonchev–Trinajstić information content (AvgIpc) is 2.25. The Bertz CT molecular complexity index is 339. The first kappa shape index (κ1) is 13.5. The van der Waals surface area contributed by atoms with Gasteiger partial charge in [0.1, 0.15) is 5.75 Å². The summed E-state index contributed by atoms with van der Waals surface area (Å²) in [7, 11) is 1.71. The molecule has 0 aromatic heterocycles. The number of halogens is 1. The van der Waals surface area contributed by atoms with Crippen molar-refractivity contribution in [2.75, 3.05) is 13.7 Å². The van der Waals surface area contributed by atoms with Gasteiger partial charge in [0.2, 0.25) is 0 Å². The maximum absolute atomic E-state index is 5.80. The first-order chi connectivity index (χ1) is 7.58. The molecule has 0 heterocycles. The van der Waals surface area contributed by atoms with E-state index in [0.717, 1.165) is 16.6 Å². The lowest BCUT2D eigenvalue weighted by Gasteiger charge is -2.20. The molecule has 1 aromatic carbocycles. The molecule has 1 rings (SSSR count). The van der Waals surface area contributed by atoms with E-state index in [4.69, 9.17) is 10.5 Å². The average molecular weight is 286 g/mol. The zero-order valence-electron chi connectivity index (χ0n) is 10.2. The number of methoxy groups -OCH3 is 1. The standard InChI is InChI=1S/C13H20BrNO/c1-9(2)11(8-15)6-10-7-12(14)4-5-13(10)16-3/h4-5,7,9,11H,6,8,15H2,1-3H3. The molecular formula is C13H20BrNO. The van der Waals surface area contributed by atoms with Crippen LogP contribution in [0.2, 0.25) is 0 Å². The van der Waals surface area contributed by atoms with Gasteiger partial charge in [-0.3, -0.25) is 0 Å². The van der Waals surface area contributed by atoms with Gasteiger partial charge in [-0.1, -0.05) is 29.8 Å². The quantitative estimate of drug-likeness (QED) is 0.902. The van der Waals surface area contributed by atoms with E-state index in [-0.39, 0.29) is 0 Å². The van der Waals surface area contributed by atoms with E-state index < -0.39 is 0 Å². The Hall–Kier alpha value is -0.540. The van der Waals surface area contributed by atoms with Gasteiger partial charge in [-0.15, -0.1) is 0 Å². The molecule has 0 radical (unpaired) electrons. The zero-order chi connectivity index (χ0) is 12.1. The van der Waals surface area contributed by atoms with Crippen LogP contribution in [-0.4, -0.2) is 13.7 Å². The summed E-state index contributed by atoms with van der Waals surface area (Å²) >= 11 is 3.49. The number of rotatable bonds is 5. The van der Waals surface area contributed by atoms with E-state index in [2.05, 4.69) is 35.8 Å². The fourth-order valence-corrected chi connectivity index (χ4v) is 2.19. The van der Waals surface area contributed by atoms with Crippen LogP contribution >= 0.6 is 15.9 Å². The Kier molecular flexibility index (Phi) is 5.29. The summed E-state index contributed by atoms with van der Waals surface area (Å²) in [6, 6.07) is 6.10. The molecule has 0 amide bonds. The van der Waals surface area contributed by atoms with E-state index in [9.17, 15) is 0 Å². The van der Waals surface area contributed by atoms with Crippen molar-refractivity contribution in [3.8, 4) is 5.75 Å². The van der Waals surface area contributed by atoms with Crippen molar-refractivity contribution in [3.05, 3.63) is 28.2 Å². The summed E-state index contributed by atoms with van der Waals surface area (Å²) in [6.07, 6.45) is 0.969. The van der Waals surface area contributed by atoms with Gasteiger partial charge < -0.3 is 10.5 Å². The van der Waals surface area contributed by atoms with E-state index in [1.807, 2.05) is 12.1 Å². The Balaban J connectivity index is 2.89. The summed E-state index contributed by atoms with van der Waals surface area (Å²) < 4.78 is 6.45. The minimum atomic E-state index is 0.503. The van der Waals surface area contributed by atoms with E-state index in [1.165, 1.54) is 5.56 Å². The first-order valence-corrected chi connectivity index (χ1v) is 6.40. The first-order valence-electron chi connectivity index (χ1n) is 5.61. The van der Waals surface area contributed by atoms with E-state index >= 15 is 0 Å². The highest BCUT2D eigenvalue weighted by Gasteiger charge is 2.15. The smallest absolute Gasteiger partial charge is 0.122 e. The van der Waals surface area contributed by atoms with Crippen molar-refractivity contribution in [2.45, 2.75) is 20.3 Å². The van der Waals surface area contributed by atoms with Crippen molar-refractivity contribution >= 4 is 15.9 Å². The van der Waals surface area contributed by atoms with Crippen LogP contribution in [0.1, 0.15) is 19.4 Å². The molecule has 0 bridgehead atoms. The number of nitrogens with two attached hydrogens (primary N) is 1. The molecular weight excluding hydrogens is 266 g/mol. The molecule has 0 spiro atoms. The maximum atomic E-state index is 5.80. The predicted octanol–water partition coefficient (Wildman–Crippen LogP) is 3.23. The van der Waals surface area contributed by atoms with Crippen LogP contribution in [0.4, 0.5) is 0 Å². The van der Waals surface area contributed by atoms with Crippen LogP contribution < -0.4 is 10.5 Å². The second kappa shape index (κ2) is 6.26. The van der Waals surface area contributed by atoms with Crippen LogP contribution in [0.3, 0.4) is 0 Å². The number of hydrogen-bond donors (Lipinski definition) is 1. The van der Waals surface area contributed by atoms with Crippen LogP contribution in [-0.2, 0) is 6.42 Å². The largest absolute Gasteiger partial charge is 0.496 e. The monoisotopic (exact) mass is 285 g/mol. The van der Waals surface area contributed by atoms with Gasteiger partial charge in [-0.2, -0.15) is 0 Å². The molecule has 0 saturated heterocycles. The van der Waals surface area contributed by atoms with Crippen molar-refractivity contribution < 1.29 is 4.74 Å². The Labute approximate surface area is 106 Å². The fourth-order valence-electron chi connectivity index (χ4n) is 1.78. The van der Waals surface area contributed by atoms with Gasteiger partial charge in [-0.25, -0.2) is 0 Å². The number of benzene rings is 1. The fraction of sp³-hybridized carbons (Fsp3) is 0.538. The lowest BCUT2D eigenvalue weighted by molar-refractivity contribution is 0.373. The summed E-state index contributed by atoms with van der Waals surface area (Å²) in [6.45, 7) is 5.14. The molecule has 1 atom stereocenters. The summed E-state index contributed by atoms with van der Waals surface area (Å²) in [5.74, 6) is 2.04. The lowest BCUT2D eigenvalue weighted by Crippen LogP contribution is -2.22. The molecule has 90 valence electrons. The Morgan fingerprint density at radius 1 is 1.38 bits per heavy atom. The molecule has 0 fully saturated rings. The minimum Gasteiger partial charge on any atom is -0.496 e. The van der Waals surface area contributed by atoms with E-state index in [1.54, 1.807) is 7.11 Å². The molecule has 0 aliphatic rings. The van der Waals surface area contributed by atoms with Crippen LogP contribution in [0.25, 0.3) is 0 Å². The van der Waals surface area contributed by atoms with Gasteiger partial charge in [0.15, 0.2) is 0 Å². The number of hydrogen-bond acceptors (Lipinski definition) is 2. The number of ether oxygens (including phenoxy) is 1. The highest BCUT2D eigenvalue weighted by atomic mass is 79.9. The maximum Gasteiger partial charge on any atom is 0.122 e. The highest BCUT2D eigenvalue weighted by Crippen LogP contribution is 2.27. The molecule has 0 aliphatic heterocycles. The predicted molar refractivity (Wildman–Crippen MR) is 71.8 cm³/mol. The van der Waals surface area contributed by atoms with Gasteiger partial charge in [0.25, 0.3) is 0 Å². The Morgan fingerprint density at radius 2 is 2.06 bits per heavy atom. The summed E-state index contributed by atoms with van der Waals surface area (Å²) in [5, 5.41) is 0. The van der Waals surface area contributed by atoms with Crippen LogP contribution in [0.15, 0.2) is 22.7 Å². The topological polar surface area (TPSA) is 35.2 Å². The van der Waals surface area contributed by atoms with Gasteiger partial charge >= 0.3 is 0 Å². The van der Waals surface area contributed by atoms with Crippen molar-refractivity contribution in [2.24, 2.45) is 17.6 Å². The molecule has 2 nitrogen and oxygen atoms in total. The van der Waals surface area contributed by atoms with Gasteiger partial charge in [-0.05, 0) is 48.6 Å². The normalized spacial score (nSPS) is 12.9. The van der Waals surface area contributed by atoms with Gasteiger partial charge in [0, 0.05) is 4.47 Å². The summed E-state index contributed by atoms with van der Waals surface area (Å²) in [5.41, 5.74) is 7.02. The molecule has 1 aromatic rings. The molecule has 0 aliphatic carbocycles. The van der Waals surface area contributed by atoms with Crippen LogP contribution in [0.5, 0.6) is 5.75 Å². The van der Waals surface area contributed by atoms with Crippen LogP contribution in [0, 0.1) is 11.8 Å². The summed E-state index contributed by atoms with van der Waals surface area (Å²) in [4.78, 5) is 0. The van der Waals surface area contributed by atoms with Crippen molar-refractivity contribution in [1.82, 2.24) is 0 Å². The molecule has 16 heavy (non-hydrogen) atoms. The Morgan fingerprint density at radius 3 is 2.56 bits per heavy atom. The second-order valence-corrected chi connectivity index (χ2v) is 5.32. The molecule has 1 unspecified atom stereocenters. The zero-order valence-corrected chi connectivity index (χ0v) is 11.8. The highest BCUT2D eigenvalue weighted by molar-refractivity contribution is 9.10. The molecule has 3 heteroatoms.